The Morgan fingerprint density at radius 1 is 1.30 bits per heavy atom. The average molecular weight is 315 g/mol. The molecule has 0 amide bonds. The van der Waals surface area contributed by atoms with Gasteiger partial charge in [0.2, 0.25) is 0 Å². The Kier molecular flexibility index (Phi) is 3.72. The number of aromatic nitrogens is 3. The van der Waals surface area contributed by atoms with E-state index < -0.39 is 11.2 Å². The third kappa shape index (κ3) is 3.96. The lowest BCUT2D eigenvalue weighted by Gasteiger charge is -2.19. The molecule has 0 aliphatic heterocycles. The van der Waals surface area contributed by atoms with Crippen LogP contribution in [0.2, 0.25) is 0 Å². The summed E-state index contributed by atoms with van der Waals surface area (Å²) < 4.78 is 6.99. The van der Waals surface area contributed by atoms with Gasteiger partial charge in [-0.25, -0.2) is 9.48 Å². The minimum absolute atomic E-state index is 0.344. The summed E-state index contributed by atoms with van der Waals surface area (Å²) in [4.78, 5) is 12.0. The minimum Gasteiger partial charge on any atom is -0.456 e. The van der Waals surface area contributed by atoms with E-state index in [-0.39, 0.29) is 5.97 Å². The van der Waals surface area contributed by atoms with E-state index in [0.717, 1.165) is 18.4 Å². The molecule has 0 atom stereocenters. The molecule has 2 aromatic rings. The van der Waals surface area contributed by atoms with Crippen molar-refractivity contribution in [2.75, 3.05) is 0 Å². The van der Waals surface area contributed by atoms with E-state index in [1.54, 1.807) is 23.0 Å². The van der Waals surface area contributed by atoms with Gasteiger partial charge in [0, 0.05) is 5.56 Å². The van der Waals surface area contributed by atoms with Gasteiger partial charge in [-0.05, 0) is 45.7 Å². The van der Waals surface area contributed by atoms with Gasteiger partial charge in [-0.15, -0.1) is 5.10 Å². The van der Waals surface area contributed by atoms with Crippen molar-refractivity contribution in [2.24, 2.45) is 0 Å². The van der Waals surface area contributed by atoms with Crippen LogP contribution in [0.4, 0.5) is 0 Å². The fourth-order valence-electron chi connectivity index (χ4n) is 2.23. The normalized spacial score (nSPS) is 16.2. The molecule has 1 aromatic heterocycles. The largest absolute Gasteiger partial charge is 0.456 e. The van der Waals surface area contributed by atoms with E-state index in [4.69, 9.17) is 4.74 Å². The number of ether oxygens (including phenoxy) is 1. The zero-order valence-corrected chi connectivity index (χ0v) is 13.6. The standard InChI is InChI=1S/C17H21N3O3/c1-16(2,3)23-15(21)13-6-4-12(5-7-13)14-10-20(19-18-14)11-17(22)8-9-17/h4-7,10,22H,8-9,11H2,1-3H3. The van der Waals surface area contributed by atoms with Gasteiger partial charge in [-0.1, -0.05) is 17.3 Å². The van der Waals surface area contributed by atoms with Crippen LogP contribution in [0, 0.1) is 0 Å². The molecule has 1 fully saturated rings. The summed E-state index contributed by atoms with van der Waals surface area (Å²) in [6.07, 6.45) is 3.43. The number of nitrogens with zero attached hydrogens (tertiary/aromatic N) is 3. The summed E-state index contributed by atoms with van der Waals surface area (Å²) in [5.74, 6) is -0.344. The molecule has 0 unspecified atom stereocenters. The molecule has 0 saturated heterocycles. The van der Waals surface area contributed by atoms with Crippen LogP contribution in [0.1, 0.15) is 44.0 Å². The van der Waals surface area contributed by atoms with Crippen molar-refractivity contribution in [1.29, 1.82) is 0 Å². The first-order valence-electron chi connectivity index (χ1n) is 7.70. The van der Waals surface area contributed by atoms with E-state index in [2.05, 4.69) is 10.3 Å². The molecule has 1 aliphatic carbocycles. The Bertz CT molecular complexity index is 709. The van der Waals surface area contributed by atoms with E-state index in [0.29, 0.717) is 17.8 Å². The lowest BCUT2D eigenvalue weighted by atomic mass is 10.1. The molecule has 6 nitrogen and oxygen atoms in total. The molecule has 23 heavy (non-hydrogen) atoms. The molecule has 0 spiro atoms. The summed E-state index contributed by atoms with van der Waals surface area (Å²) in [6.45, 7) is 5.98. The van der Waals surface area contributed by atoms with Gasteiger partial charge in [-0.3, -0.25) is 0 Å². The number of hydrogen-bond acceptors (Lipinski definition) is 5. The van der Waals surface area contributed by atoms with Gasteiger partial charge in [-0.2, -0.15) is 0 Å². The first-order chi connectivity index (χ1) is 10.7. The molecule has 0 bridgehead atoms. The Labute approximate surface area is 135 Å². The van der Waals surface area contributed by atoms with E-state index >= 15 is 0 Å². The van der Waals surface area contributed by atoms with Crippen molar-refractivity contribution in [1.82, 2.24) is 15.0 Å². The maximum Gasteiger partial charge on any atom is 0.338 e. The van der Waals surface area contributed by atoms with Crippen molar-refractivity contribution in [3.63, 3.8) is 0 Å². The summed E-state index contributed by atoms with van der Waals surface area (Å²) >= 11 is 0. The lowest BCUT2D eigenvalue weighted by Crippen LogP contribution is -2.23. The third-order valence-corrected chi connectivity index (χ3v) is 3.64. The fraction of sp³-hybridized carbons (Fsp3) is 0.471. The number of aliphatic hydroxyl groups is 1. The van der Waals surface area contributed by atoms with Crippen LogP contribution in [-0.2, 0) is 11.3 Å². The maximum absolute atomic E-state index is 12.0. The second kappa shape index (κ2) is 5.45. The Morgan fingerprint density at radius 2 is 1.96 bits per heavy atom. The quantitative estimate of drug-likeness (QED) is 0.877. The zero-order valence-electron chi connectivity index (χ0n) is 13.6. The molecule has 1 aromatic carbocycles. The monoisotopic (exact) mass is 315 g/mol. The van der Waals surface area contributed by atoms with Crippen molar-refractivity contribution in [2.45, 2.75) is 51.4 Å². The lowest BCUT2D eigenvalue weighted by molar-refractivity contribution is 0.00695. The van der Waals surface area contributed by atoms with Crippen LogP contribution < -0.4 is 0 Å². The summed E-state index contributed by atoms with van der Waals surface area (Å²) in [5.41, 5.74) is 0.965. The van der Waals surface area contributed by atoms with Gasteiger partial charge in [0.25, 0.3) is 0 Å². The number of esters is 1. The smallest absolute Gasteiger partial charge is 0.338 e. The maximum atomic E-state index is 12.0. The minimum atomic E-state index is -0.606. The van der Waals surface area contributed by atoms with Crippen LogP contribution in [-0.4, -0.2) is 37.3 Å². The zero-order chi connectivity index (χ0) is 16.7. The molecule has 1 aliphatic rings. The number of carbonyl (C=O) groups is 1. The van der Waals surface area contributed by atoms with Crippen LogP contribution in [0.5, 0.6) is 0 Å². The second-order valence-corrected chi connectivity index (χ2v) is 7.10. The molecule has 1 heterocycles. The van der Waals surface area contributed by atoms with Gasteiger partial charge in [0.1, 0.15) is 11.3 Å². The van der Waals surface area contributed by atoms with E-state index in [9.17, 15) is 9.90 Å². The molecular weight excluding hydrogens is 294 g/mol. The highest BCUT2D eigenvalue weighted by Crippen LogP contribution is 2.36. The van der Waals surface area contributed by atoms with Crippen molar-refractivity contribution in [3.05, 3.63) is 36.0 Å². The van der Waals surface area contributed by atoms with Gasteiger partial charge >= 0.3 is 5.97 Å². The first-order valence-corrected chi connectivity index (χ1v) is 7.70. The Morgan fingerprint density at radius 3 is 2.52 bits per heavy atom. The Balaban J connectivity index is 1.71. The van der Waals surface area contributed by atoms with E-state index in [1.807, 2.05) is 32.9 Å². The molecule has 122 valence electrons. The van der Waals surface area contributed by atoms with Gasteiger partial charge in [0.05, 0.1) is 23.9 Å². The van der Waals surface area contributed by atoms with Crippen molar-refractivity contribution in [3.8, 4) is 11.3 Å². The van der Waals surface area contributed by atoms with Gasteiger partial charge < -0.3 is 9.84 Å². The van der Waals surface area contributed by atoms with E-state index in [1.165, 1.54) is 0 Å². The molecule has 1 N–H and O–H groups in total. The van der Waals surface area contributed by atoms with Crippen LogP contribution >= 0.6 is 0 Å². The number of benzene rings is 1. The van der Waals surface area contributed by atoms with Crippen LogP contribution in [0.15, 0.2) is 30.5 Å². The third-order valence-electron chi connectivity index (χ3n) is 3.64. The topological polar surface area (TPSA) is 77.2 Å². The predicted molar refractivity (Wildman–Crippen MR) is 84.8 cm³/mol. The fourth-order valence-corrected chi connectivity index (χ4v) is 2.23. The van der Waals surface area contributed by atoms with Gasteiger partial charge in [0.15, 0.2) is 0 Å². The number of hydrogen-bond donors (Lipinski definition) is 1. The molecule has 1 saturated carbocycles. The predicted octanol–water partition coefficient (Wildman–Crippen LogP) is 2.43. The first kappa shape index (κ1) is 15.7. The number of carbonyl (C=O) groups excluding carboxylic acids is 1. The Hall–Kier alpha value is -2.21. The second-order valence-electron chi connectivity index (χ2n) is 7.10. The molecule has 0 radical (unpaired) electrons. The number of rotatable bonds is 4. The highest BCUT2D eigenvalue weighted by atomic mass is 16.6. The molecule has 3 rings (SSSR count). The van der Waals surface area contributed by atoms with Crippen molar-refractivity contribution < 1.29 is 14.6 Å². The van der Waals surface area contributed by atoms with Crippen LogP contribution in [0.25, 0.3) is 11.3 Å². The van der Waals surface area contributed by atoms with Crippen LogP contribution in [0.3, 0.4) is 0 Å². The summed E-state index contributed by atoms with van der Waals surface area (Å²) in [6, 6.07) is 7.08. The highest BCUT2D eigenvalue weighted by Gasteiger charge is 2.41. The summed E-state index contributed by atoms with van der Waals surface area (Å²) in [7, 11) is 0. The molecule has 6 heteroatoms. The molecular formula is C17H21N3O3. The van der Waals surface area contributed by atoms with Crippen molar-refractivity contribution >= 4 is 5.97 Å². The SMILES string of the molecule is CC(C)(C)OC(=O)c1ccc(-c2cn(CC3(O)CC3)nn2)cc1. The summed E-state index contributed by atoms with van der Waals surface area (Å²) in [5, 5.41) is 18.1. The highest BCUT2D eigenvalue weighted by molar-refractivity contribution is 5.90. The average Bonchev–Trinajstić information content (AvgIpc) is 3.00.